The molecule has 0 saturated heterocycles. The van der Waals surface area contributed by atoms with Crippen LogP contribution in [0.15, 0.2) is 60.2 Å². The Morgan fingerprint density at radius 3 is 2.46 bits per heavy atom. The van der Waals surface area contributed by atoms with Crippen LogP contribution in [0, 0.1) is 13.8 Å². The second-order valence-corrected chi connectivity index (χ2v) is 7.35. The summed E-state index contributed by atoms with van der Waals surface area (Å²) in [7, 11) is 0. The summed E-state index contributed by atoms with van der Waals surface area (Å²) in [6.07, 6.45) is 11.3. The molecule has 26 heavy (non-hydrogen) atoms. The van der Waals surface area contributed by atoms with Gasteiger partial charge in [0.05, 0.1) is 0 Å². The minimum absolute atomic E-state index is 1.14. The largest absolute Gasteiger partial charge is 0.0870 e. The maximum absolute atomic E-state index is 2.32. The van der Waals surface area contributed by atoms with E-state index in [4.69, 9.17) is 0 Å². The Kier molecular flexibility index (Phi) is 4.28. The van der Waals surface area contributed by atoms with Gasteiger partial charge in [0.15, 0.2) is 0 Å². The smallest absolute Gasteiger partial charge is 0.00272 e. The molecule has 0 bridgehead atoms. The quantitative estimate of drug-likeness (QED) is 0.419. The fraction of sp³-hybridized carbons (Fsp3) is 0.231. The van der Waals surface area contributed by atoms with Crippen molar-refractivity contribution in [2.24, 2.45) is 0 Å². The van der Waals surface area contributed by atoms with Crippen LogP contribution in [0.25, 0.3) is 33.2 Å². The molecule has 0 atom stereocenters. The molecule has 0 amide bonds. The summed E-state index contributed by atoms with van der Waals surface area (Å²) < 4.78 is 0. The molecule has 0 nitrogen and oxygen atoms in total. The number of hydrogen-bond donors (Lipinski definition) is 0. The van der Waals surface area contributed by atoms with E-state index >= 15 is 0 Å². The van der Waals surface area contributed by atoms with Crippen molar-refractivity contribution in [2.45, 2.75) is 40.5 Å². The molecule has 1 aliphatic carbocycles. The molecule has 0 aliphatic heterocycles. The predicted octanol–water partition coefficient (Wildman–Crippen LogP) is 7.77. The Morgan fingerprint density at radius 2 is 1.69 bits per heavy atom. The highest BCUT2D eigenvalue weighted by atomic mass is 14.2. The molecule has 0 saturated carbocycles. The lowest BCUT2D eigenvalue weighted by Gasteiger charge is -2.23. The number of benzene rings is 3. The van der Waals surface area contributed by atoms with Gasteiger partial charge < -0.3 is 0 Å². The van der Waals surface area contributed by atoms with E-state index in [0.29, 0.717) is 0 Å². The second kappa shape index (κ2) is 6.61. The lowest BCUT2D eigenvalue weighted by atomic mass is 9.81. The van der Waals surface area contributed by atoms with Gasteiger partial charge in [0.2, 0.25) is 0 Å². The first-order chi connectivity index (χ1) is 12.6. The van der Waals surface area contributed by atoms with Gasteiger partial charge in [-0.05, 0) is 95.5 Å². The molecule has 3 aromatic carbocycles. The number of hydrogen-bond acceptors (Lipinski definition) is 0. The van der Waals surface area contributed by atoms with Crippen LogP contribution in [0.1, 0.15) is 48.9 Å². The van der Waals surface area contributed by atoms with Crippen LogP contribution in [0.4, 0.5) is 0 Å². The molecule has 0 heterocycles. The van der Waals surface area contributed by atoms with Crippen molar-refractivity contribution in [3.8, 4) is 0 Å². The van der Waals surface area contributed by atoms with E-state index in [9.17, 15) is 0 Å². The normalized spacial score (nSPS) is 14.9. The molecule has 4 rings (SSSR count). The first-order valence-corrected chi connectivity index (χ1v) is 9.57. The van der Waals surface area contributed by atoms with Gasteiger partial charge >= 0.3 is 0 Å². The van der Waals surface area contributed by atoms with E-state index in [1.807, 2.05) is 0 Å². The monoisotopic (exact) mass is 338 g/mol. The van der Waals surface area contributed by atoms with E-state index in [0.717, 1.165) is 12.8 Å². The third-order valence-electron chi connectivity index (χ3n) is 5.80. The highest BCUT2D eigenvalue weighted by Gasteiger charge is 2.19. The van der Waals surface area contributed by atoms with Gasteiger partial charge in [-0.25, -0.2) is 0 Å². The molecule has 130 valence electrons. The molecule has 0 radical (unpaired) electrons. The molecule has 1 aliphatic rings. The minimum atomic E-state index is 1.14. The van der Waals surface area contributed by atoms with E-state index < -0.39 is 0 Å². The third kappa shape index (κ3) is 2.52. The van der Waals surface area contributed by atoms with Crippen molar-refractivity contribution < 1.29 is 0 Å². The average molecular weight is 338 g/mol. The predicted molar refractivity (Wildman–Crippen MR) is 117 cm³/mol. The zero-order chi connectivity index (χ0) is 18.3. The number of rotatable bonds is 2. The van der Waals surface area contributed by atoms with Crippen LogP contribution in [0.3, 0.4) is 0 Å². The molecular weight excluding hydrogens is 312 g/mol. The lowest BCUT2D eigenvalue weighted by Crippen LogP contribution is -2.02. The van der Waals surface area contributed by atoms with E-state index in [2.05, 4.69) is 88.4 Å². The standard InChI is InChI=1S/C26H26/c1-5-10-22-18(3)25(21-13-8-6-11-17(21)2)19(4)23-16-15-20-12-7-9-14-24(20)26(22)23/h5-7,9-12,14-16H,8,13H2,1-4H3/b10-5-. The highest BCUT2D eigenvalue weighted by molar-refractivity contribution is 6.14. The van der Waals surface area contributed by atoms with Crippen molar-refractivity contribution in [2.75, 3.05) is 0 Å². The average Bonchev–Trinajstić information content (AvgIpc) is 2.66. The maximum atomic E-state index is 2.32. The van der Waals surface area contributed by atoms with Crippen molar-refractivity contribution in [1.82, 2.24) is 0 Å². The molecule has 0 fully saturated rings. The van der Waals surface area contributed by atoms with Crippen LogP contribution in [0.2, 0.25) is 0 Å². The van der Waals surface area contributed by atoms with E-state index in [1.165, 1.54) is 54.9 Å². The molecular formula is C26H26. The van der Waals surface area contributed by atoms with Crippen LogP contribution < -0.4 is 0 Å². The van der Waals surface area contributed by atoms with Gasteiger partial charge in [0, 0.05) is 0 Å². The summed E-state index contributed by atoms with van der Waals surface area (Å²) >= 11 is 0. The summed E-state index contributed by atoms with van der Waals surface area (Å²) in [6.45, 7) is 8.97. The molecule has 0 spiro atoms. The maximum Gasteiger partial charge on any atom is -0.00272 e. The van der Waals surface area contributed by atoms with Gasteiger partial charge in [0.1, 0.15) is 0 Å². The fourth-order valence-electron chi connectivity index (χ4n) is 4.55. The summed E-state index contributed by atoms with van der Waals surface area (Å²) in [5.41, 5.74) is 8.59. The summed E-state index contributed by atoms with van der Waals surface area (Å²) in [4.78, 5) is 0. The van der Waals surface area contributed by atoms with Gasteiger partial charge in [-0.15, -0.1) is 0 Å². The Labute approximate surface area is 156 Å². The second-order valence-electron chi connectivity index (χ2n) is 7.35. The molecule has 3 aromatic rings. The summed E-state index contributed by atoms with van der Waals surface area (Å²) in [5.74, 6) is 0. The van der Waals surface area contributed by atoms with Crippen LogP contribution >= 0.6 is 0 Å². The first kappa shape index (κ1) is 16.8. The van der Waals surface area contributed by atoms with Crippen LogP contribution in [-0.2, 0) is 0 Å². The number of allylic oxidation sites excluding steroid dienone is 5. The SMILES string of the molecule is C/C=C\c1c(C)c(C2=C(C)C=CCC2)c(C)c2ccc3ccccc3c12. The van der Waals surface area contributed by atoms with Crippen molar-refractivity contribution in [3.63, 3.8) is 0 Å². The van der Waals surface area contributed by atoms with Gasteiger partial charge in [-0.2, -0.15) is 0 Å². The molecule has 0 aromatic heterocycles. The Balaban J connectivity index is 2.20. The van der Waals surface area contributed by atoms with Crippen LogP contribution in [-0.4, -0.2) is 0 Å². The Morgan fingerprint density at radius 1 is 0.885 bits per heavy atom. The highest BCUT2D eigenvalue weighted by Crippen LogP contribution is 2.41. The molecule has 0 N–H and O–H groups in total. The summed E-state index contributed by atoms with van der Waals surface area (Å²) in [6, 6.07) is 13.3. The number of fused-ring (bicyclic) bond motifs is 3. The van der Waals surface area contributed by atoms with Crippen molar-refractivity contribution >= 4 is 33.2 Å². The van der Waals surface area contributed by atoms with Gasteiger partial charge in [0.25, 0.3) is 0 Å². The van der Waals surface area contributed by atoms with E-state index in [-0.39, 0.29) is 0 Å². The fourth-order valence-corrected chi connectivity index (χ4v) is 4.55. The summed E-state index contributed by atoms with van der Waals surface area (Å²) in [5, 5.41) is 5.44. The lowest BCUT2D eigenvalue weighted by molar-refractivity contribution is 1.03. The minimum Gasteiger partial charge on any atom is -0.0870 e. The van der Waals surface area contributed by atoms with Gasteiger partial charge in [-0.1, -0.05) is 60.7 Å². The third-order valence-corrected chi connectivity index (χ3v) is 5.80. The van der Waals surface area contributed by atoms with E-state index in [1.54, 1.807) is 0 Å². The topological polar surface area (TPSA) is 0 Å². The molecule has 0 heteroatoms. The van der Waals surface area contributed by atoms with Crippen molar-refractivity contribution in [1.29, 1.82) is 0 Å². The Bertz CT molecular complexity index is 1100. The van der Waals surface area contributed by atoms with Crippen molar-refractivity contribution in [3.05, 3.63) is 82.5 Å². The first-order valence-electron chi connectivity index (χ1n) is 9.57. The van der Waals surface area contributed by atoms with Crippen LogP contribution in [0.5, 0.6) is 0 Å². The Hall–Kier alpha value is -2.60. The zero-order valence-electron chi connectivity index (χ0n) is 16.2. The molecule has 0 unspecified atom stereocenters. The zero-order valence-corrected chi connectivity index (χ0v) is 16.2. The van der Waals surface area contributed by atoms with Gasteiger partial charge in [-0.3, -0.25) is 0 Å². The number of aryl methyl sites for hydroxylation is 1.